The Hall–Kier alpha value is -2.11. The van der Waals surface area contributed by atoms with E-state index in [-0.39, 0.29) is 5.56 Å². The van der Waals surface area contributed by atoms with Crippen LogP contribution in [0.1, 0.15) is 17.9 Å². The second kappa shape index (κ2) is 4.87. The van der Waals surface area contributed by atoms with E-state index < -0.39 is 24.5 Å². The summed E-state index contributed by atoms with van der Waals surface area (Å²) in [4.78, 5) is 14.5. The molecule has 19 heavy (non-hydrogen) atoms. The van der Waals surface area contributed by atoms with Crippen LogP contribution in [0.3, 0.4) is 0 Å². The number of aliphatic carboxylic acids is 1. The Morgan fingerprint density at radius 2 is 2.05 bits per heavy atom. The number of benzene rings is 1. The van der Waals surface area contributed by atoms with Crippen LogP contribution in [-0.4, -0.2) is 22.2 Å². The first-order valence-electron chi connectivity index (χ1n) is 5.51. The number of nitrogens with zero attached hydrogens (tertiary/aromatic N) is 1. The second-order valence-electron chi connectivity index (χ2n) is 4.15. The SMILES string of the molecule is O=C(O)CC(c1ccc2cccnc2c1)C(F)(F)F. The summed E-state index contributed by atoms with van der Waals surface area (Å²) >= 11 is 0. The number of rotatable bonds is 3. The minimum Gasteiger partial charge on any atom is -0.481 e. The largest absolute Gasteiger partial charge is 0.481 e. The van der Waals surface area contributed by atoms with Crippen molar-refractivity contribution in [3.8, 4) is 0 Å². The Bertz CT molecular complexity index is 610. The van der Waals surface area contributed by atoms with E-state index in [1.165, 1.54) is 24.4 Å². The van der Waals surface area contributed by atoms with Crippen molar-refractivity contribution in [2.75, 3.05) is 0 Å². The summed E-state index contributed by atoms with van der Waals surface area (Å²) in [5.41, 5.74) is 0.334. The van der Waals surface area contributed by atoms with Crippen LogP contribution < -0.4 is 0 Å². The third-order valence-corrected chi connectivity index (χ3v) is 2.81. The lowest BCUT2D eigenvalue weighted by Gasteiger charge is -2.19. The average molecular weight is 269 g/mol. The number of carbonyl (C=O) groups is 1. The van der Waals surface area contributed by atoms with Gasteiger partial charge in [0.15, 0.2) is 0 Å². The number of pyridine rings is 1. The number of hydrogen-bond acceptors (Lipinski definition) is 2. The standard InChI is InChI=1S/C13H10F3NO2/c14-13(15,16)10(7-12(18)19)9-4-3-8-2-1-5-17-11(8)6-9/h1-6,10H,7H2,(H,18,19). The molecule has 1 N–H and O–H groups in total. The van der Waals surface area contributed by atoms with E-state index in [2.05, 4.69) is 4.98 Å². The van der Waals surface area contributed by atoms with Gasteiger partial charge in [-0.2, -0.15) is 13.2 Å². The molecule has 1 aromatic heterocycles. The molecular weight excluding hydrogens is 259 g/mol. The first-order chi connectivity index (χ1) is 8.88. The molecule has 0 fully saturated rings. The van der Waals surface area contributed by atoms with Gasteiger partial charge >= 0.3 is 12.1 Å². The Kier molecular flexibility index (Phi) is 3.42. The number of carboxylic acid groups (broad SMARTS) is 1. The van der Waals surface area contributed by atoms with Crippen LogP contribution in [0, 0.1) is 0 Å². The lowest BCUT2D eigenvalue weighted by Crippen LogP contribution is -2.23. The zero-order valence-corrected chi connectivity index (χ0v) is 9.69. The van der Waals surface area contributed by atoms with Crippen LogP contribution in [-0.2, 0) is 4.79 Å². The normalized spacial score (nSPS) is 13.4. The molecule has 100 valence electrons. The third kappa shape index (κ3) is 3.01. The molecule has 0 saturated carbocycles. The van der Waals surface area contributed by atoms with Crippen molar-refractivity contribution in [1.29, 1.82) is 0 Å². The van der Waals surface area contributed by atoms with Gasteiger partial charge in [-0.15, -0.1) is 0 Å². The first-order valence-corrected chi connectivity index (χ1v) is 5.51. The van der Waals surface area contributed by atoms with Crippen molar-refractivity contribution < 1.29 is 23.1 Å². The maximum Gasteiger partial charge on any atom is 0.396 e. The van der Waals surface area contributed by atoms with E-state index in [0.29, 0.717) is 10.9 Å². The molecule has 0 aliphatic carbocycles. The Balaban J connectivity index is 2.46. The van der Waals surface area contributed by atoms with E-state index >= 15 is 0 Å². The highest BCUT2D eigenvalue weighted by molar-refractivity contribution is 5.79. The van der Waals surface area contributed by atoms with Gasteiger partial charge in [0, 0.05) is 11.6 Å². The fourth-order valence-electron chi connectivity index (χ4n) is 1.90. The van der Waals surface area contributed by atoms with Crippen molar-refractivity contribution in [2.45, 2.75) is 18.5 Å². The monoisotopic (exact) mass is 269 g/mol. The average Bonchev–Trinajstić information content (AvgIpc) is 2.34. The van der Waals surface area contributed by atoms with Gasteiger partial charge in [0.1, 0.15) is 0 Å². The van der Waals surface area contributed by atoms with Gasteiger partial charge in [0.2, 0.25) is 0 Å². The molecular formula is C13H10F3NO2. The van der Waals surface area contributed by atoms with Gasteiger partial charge in [-0.25, -0.2) is 0 Å². The fourth-order valence-corrected chi connectivity index (χ4v) is 1.90. The number of fused-ring (bicyclic) bond motifs is 1. The van der Waals surface area contributed by atoms with Crippen LogP contribution in [0.4, 0.5) is 13.2 Å². The number of halogens is 3. The number of hydrogen-bond donors (Lipinski definition) is 1. The summed E-state index contributed by atoms with van der Waals surface area (Å²) in [5.74, 6) is -3.50. The Morgan fingerprint density at radius 1 is 1.32 bits per heavy atom. The summed E-state index contributed by atoms with van der Waals surface area (Å²) < 4.78 is 38.6. The predicted molar refractivity (Wildman–Crippen MR) is 62.8 cm³/mol. The minimum atomic E-state index is -4.60. The molecule has 6 heteroatoms. The van der Waals surface area contributed by atoms with Crippen LogP contribution in [0.2, 0.25) is 0 Å². The van der Waals surface area contributed by atoms with Gasteiger partial charge in [0.05, 0.1) is 17.9 Å². The predicted octanol–water partition coefficient (Wildman–Crippen LogP) is 3.36. The maximum atomic E-state index is 12.9. The molecule has 0 saturated heterocycles. The van der Waals surface area contributed by atoms with Crippen LogP contribution in [0.15, 0.2) is 36.5 Å². The van der Waals surface area contributed by atoms with E-state index in [1.54, 1.807) is 12.1 Å². The van der Waals surface area contributed by atoms with E-state index in [4.69, 9.17) is 5.11 Å². The Morgan fingerprint density at radius 3 is 2.68 bits per heavy atom. The van der Waals surface area contributed by atoms with Gasteiger partial charge in [-0.05, 0) is 17.7 Å². The molecule has 0 aliphatic rings. The van der Waals surface area contributed by atoms with Gasteiger partial charge < -0.3 is 5.11 Å². The number of carboxylic acids is 1. The molecule has 1 unspecified atom stereocenters. The van der Waals surface area contributed by atoms with Crippen molar-refractivity contribution in [3.05, 3.63) is 42.1 Å². The fraction of sp³-hybridized carbons (Fsp3) is 0.231. The third-order valence-electron chi connectivity index (χ3n) is 2.81. The van der Waals surface area contributed by atoms with Crippen LogP contribution in [0.5, 0.6) is 0 Å². The van der Waals surface area contributed by atoms with Gasteiger partial charge in [-0.1, -0.05) is 18.2 Å². The van der Waals surface area contributed by atoms with Gasteiger partial charge in [0.25, 0.3) is 0 Å². The molecule has 1 aromatic carbocycles. The molecule has 0 bridgehead atoms. The van der Waals surface area contributed by atoms with Crippen molar-refractivity contribution >= 4 is 16.9 Å². The quantitative estimate of drug-likeness (QED) is 0.929. The summed E-state index contributed by atoms with van der Waals surface area (Å²) in [6.45, 7) is 0. The van der Waals surface area contributed by atoms with Crippen molar-refractivity contribution in [2.24, 2.45) is 0 Å². The number of alkyl halides is 3. The van der Waals surface area contributed by atoms with Crippen molar-refractivity contribution in [3.63, 3.8) is 0 Å². The smallest absolute Gasteiger partial charge is 0.396 e. The summed E-state index contributed by atoms with van der Waals surface area (Å²) in [6.07, 6.45) is -4.10. The molecule has 3 nitrogen and oxygen atoms in total. The van der Waals surface area contributed by atoms with Crippen LogP contribution in [0.25, 0.3) is 10.9 Å². The van der Waals surface area contributed by atoms with Crippen molar-refractivity contribution in [1.82, 2.24) is 4.98 Å². The molecule has 0 amide bonds. The van der Waals surface area contributed by atoms with E-state index in [9.17, 15) is 18.0 Å². The lowest BCUT2D eigenvalue weighted by molar-refractivity contribution is -0.163. The molecule has 0 spiro atoms. The topological polar surface area (TPSA) is 50.2 Å². The maximum absolute atomic E-state index is 12.9. The highest BCUT2D eigenvalue weighted by Gasteiger charge is 2.42. The Labute approximate surface area is 106 Å². The highest BCUT2D eigenvalue weighted by Crippen LogP contribution is 2.38. The molecule has 0 radical (unpaired) electrons. The van der Waals surface area contributed by atoms with E-state index in [1.807, 2.05) is 0 Å². The molecule has 1 atom stereocenters. The second-order valence-corrected chi connectivity index (χ2v) is 4.15. The highest BCUT2D eigenvalue weighted by atomic mass is 19.4. The molecule has 2 aromatic rings. The zero-order chi connectivity index (χ0) is 14.0. The minimum absolute atomic E-state index is 0.0823. The van der Waals surface area contributed by atoms with Gasteiger partial charge in [-0.3, -0.25) is 9.78 Å². The molecule has 2 rings (SSSR count). The summed E-state index contributed by atoms with van der Waals surface area (Å²) in [6, 6.07) is 7.51. The zero-order valence-electron chi connectivity index (χ0n) is 9.69. The van der Waals surface area contributed by atoms with E-state index in [0.717, 1.165) is 0 Å². The lowest BCUT2D eigenvalue weighted by atomic mass is 9.94. The first kappa shape index (κ1) is 13.3. The number of aromatic nitrogens is 1. The molecule has 1 heterocycles. The summed E-state index contributed by atoms with van der Waals surface area (Å²) in [7, 11) is 0. The molecule has 0 aliphatic heterocycles. The summed E-state index contributed by atoms with van der Waals surface area (Å²) in [5, 5.41) is 9.32. The van der Waals surface area contributed by atoms with Crippen LogP contribution >= 0.6 is 0 Å².